The van der Waals surface area contributed by atoms with E-state index in [0.717, 1.165) is 17.8 Å². The lowest BCUT2D eigenvalue weighted by molar-refractivity contribution is -0.133. The number of carbonyl (C=O) groups excluding carboxylic acids is 3. The fourth-order valence-corrected chi connectivity index (χ4v) is 3.52. The van der Waals surface area contributed by atoms with Crippen LogP contribution in [0.4, 0.5) is 4.79 Å². The standard InChI is InChI=1S/C19H21N5O3/c25-17(7-6-16-18(26)21-19(27)20-16)23-8-9-24-15(12-23)11-14(22-24)10-13-4-2-1-3-5-13/h1-5,11,16H,6-10,12H2,(H2,20,21,26,27)/t16-/m0/s1. The van der Waals surface area contributed by atoms with E-state index in [1.54, 1.807) is 4.90 Å². The minimum absolute atomic E-state index is 0.0130. The normalized spacial score (nSPS) is 18.8. The van der Waals surface area contributed by atoms with Crippen molar-refractivity contribution in [1.82, 2.24) is 25.3 Å². The zero-order valence-corrected chi connectivity index (χ0v) is 14.9. The van der Waals surface area contributed by atoms with E-state index in [0.29, 0.717) is 26.1 Å². The molecule has 27 heavy (non-hydrogen) atoms. The second kappa shape index (κ2) is 7.22. The Bertz CT molecular complexity index is 877. The van der Waals surface area contributed by atoms with E-state index in [9.17, 15) is 14.4 Å². The summed E-state index contributed by atoms with van der Waals surface area (Å²) in [4.78, 5) is 37.0. The number of imide groups is 1. The third kappa shape index (κ3) is 3.84. The third-order valence-corrected chi connectivity index (χ3v) is 4.93. The smallest absolute Gasteiger partial charge is 0.322 e. The van der Waals surface area contributed by atoms with Gasteiger partial charge in [0.2, 0.25) is 5.91 Å². The number of aromatic nitrogens is 2. The van der Waals surface area contributed by atoms with Gasteiger partial charge < -0.3 is 10.2 Å². The number of nitrogens with one attached hydrogen (secondary N) is 2. The average Bonchev–Trinajstić information content (AvgIpc) is 3.21. The fraction of sp³-hybridized carbons (Fsp3) is 0.368. The molecule has 2 aromatic rings. The second-order valence-electron chi connectivity index (χ2n) is 6.88. The van der Waals surface area contributed by atoms with Gasteiger partial charge in [-0.25, -0.2) is 4.79 Å². The van der Waals surface area contributed by atoms with Crippen molar-refractivity contribution in [2.24, 2.45) is 0 Å². The summed E-state index contributed by atoms with van der Waals surface area (Å²) in [7, 11) is 0. The molecule has 1 aromatic carbocycles. The van der Waals surface area contributed by atoms with Crippen molar-refractivity contribution in [1.29, 1.82) is 0 Å². The summed E-state index contributed by atoms with van der Waals surface area (Å²) in [6.07, 6.45) is 1.31. The topological polar surface area (TPSA) is 96.3 Å². The summed E-state index contributed by atoms with van der Waals surface area (Å²) in [5, 5.41) is 9.35. The molecule has 8 heteroatoms. The van der Waals surface area contributed by atoms with E-state index in [2.05, 4.69) is 33.9 Å². The first-order valence-corrected chi connectivity index (χ1v) is 9.07. The molecule has 3 heterocycles. The molecule has 1 atom stereocenters. The molecule has 0 bridgehead atoms. The van der Waals surface area contributed by atoms with Gasteiger partial charge in [0.1, 0.15) is 6.04 Å². The SMILES string of the molecule is O=C1NC(=O)[C@H](CCC(=O)N2CCn3nc(Cc4ccccc4)cc3C2)N1. The molecule has 140 valence electrons. The highest BCUT2D eigenvalue weighted by atomic mass is 16.2. The van der Waals surface area contributed by atoms with Crippen LogP contribution in [0.3, 0.4) is 0 Å². The van der Waals surface area contributed by atoms with Gasteiger partial charge in [0.05, 0.1) is 24.5 Å². The molecular weight excluding hydrogens is 346 g/mol. The van der Waals surface area contributed by atoms with Gasteiger partial charge in [0, 0.05) is 19.4 Å². The van der Waals surface area contributed by atoms with E-state index in [1.165, 1.54) is 5.56 Å². The van der Waals surface area contributed by atoms with Crippen molar-refractivity contribution in [2.45, 2.75) is 38.4 Å². The summed E-state index contributed by atoms with van der Waals surface area (Å²) in [5.41, 5.74) is 3.22. The molecule has 0 spiro atoms. The van der Waals surface area contributed by atoms with Gasteiger partial charge in [-0.3, -0.25) is 19.6 Å². The summed E-state index contributed by atoms with van der Waals surface area (Å²) in [5.74, 6) is -0.379. The minimum atomic E-state index is -0.616. The Morgan fingerprint density at radius 2 is 2.00 bits per heavy atom. The Kier molecular flexibility index (Phi) is 4.62. The van der Waals surface area contributed by atoms with Crippen molar-refractivity contribution >= 4 is 17.8 Å². The van der Waals surface area contributed by atoms with E-state index in [1.807, 2.05) is 22.9 Å². The van der Waals surface area contributed by atoms with Crippen LogP contribution in [0, 0.1) is 0 Å². The lowest BCUT2D eigenvalue weighted by Gasteiger charge is -2.28. The highest BCUT2D eigenvalue weighted by molar-refractivity contribution is 6.04. The zero-order valence-electron chi connectivity index (χ0n) is 14.9. The lowest BCUT2D eigenvalue weighted by Crippen LogP contribution is -2.39. The predicted molar refractivity (Wildman–Crippen MR) is 96.6 cm³/mol. The van der Waals surface area contributed by atoms with Gasteiger partial charge in [0.25, 0.3) is 5.91 Å². The molecule has 0 radical (unpaired) electrons. The van der Waals surface area contributed by atoms with Crippen LogP contribution in [0.5, 0.6) is 0 Å². The van der Waals surface area contributed by atoms with Crippen LogP contribution in [-0.4, -0.2) is 45.1 Å². The molecule has 1 fully saturated rings. The number of carbonyl (C=O) groups is 3. The van der Waals surface area contributed by atoms with Gasteiger partial charge in [-0.05, 0) is 18.1 Å². The van der Waals surface area contributed by atoms with Crippen LogP contribution in [0.2, 0.25) is 0 Å². The Morgan fingerprint density at radius 1 is 1.19 bits per heavy atom. The van der Waals surface area contributed by atoms with E-state index < -0.39 is 12.1 Å². The highest BCUT2D eigenvalue weighted by Crippen LogP contribution is 2.17. The first-order chi connectivity index (χ1) is 13.1. The Labute approximate surface area is 156 Å². The Morgan fingerprint density at radius 3 is 2.74 bits per heavy atom. The first-order valence-electron chi connectivity index (χ1n) is 9.07. The number of nitrogens with zero attached hydrogens (tertiary/aromatic N) is 3. The van der Waals surface area contributed by atoms with Gasteiger partial charge >= 0.3 is 6.03 Å². The maximum Gasteiger partial charge on any atom is 0.322 e. The van der Waals surface area contributed by atoms with Crippen molar-refractivity contribution in [3.63, 3.8) is 0 Å². The number of amides is 4. The molecule has 1 saturated heterocycles. The van der Waals surface area contributed by atoms with Crippen LogP contribution in [0.25, 0.3) is 0 Å². The maximum absolute atomic E-state index is 12.5. The zero-order chi connectivity index (χ0) is 18.8. The van der Waals surface area contributed by atoms with Crippen molar-refractivity contribution in [3.05, 3.63) is 53.3 Å². The van der Waals surface area contributed by atoms with Crippen molar-refractivity contribution < 1.29 is 14.4 Å². The second-order valence-corrected chi connectivity index (χ2v) is 6.88. The van der Waals surface area contributed by atoms with Crippen LogP contribution in [-0.2, 0) is 29.1 Å². The van der Waals surface area contributed by atoms with Gasteiger partial charge in [0.15, 0.2) is 0 Å². The predicted octanol–water partition coefficient (Wildman–Crippen LogP) is 0.804. The van der Waals surface area contributed by atoms with Gasteiger partial charge in [-0.2, -0.15) is 5.10 Å². The van der Waals surface area contributed by atoms with E-state index in [4.69, 9.17) is 0 Å². The van der Waals surface area contributed by atoms with Crippen molar-refractivity contribution in [3.8, 4) is 0 Å². The number of benzene rings is 1. The fourth-order valence-electron chi connectivity index (χ4n) is 3.52. The van der Waals surface area contributed by atoms with Gasteiger partial charge in [-0.15, -0.1) is 0 Å². The molecule has 2 N–H and O–H groups in total. The quantitative estimate of drug-likeness (QED) is 0.764. The first kappa shape index (κ1) is 17.3. The molecule has 8 nitrogen and oxygen atoms in total. The maximum atomic E-state index is 12.5. The summed E-state index contributed by atoms with van der Waals surface area (Å²) in [6, 6.07) is 11.1. The molecule has 0 unspecified atom stereocenters. The third-order valence-electron chi connectivity index (χ3n) is 4.93. The number of hydrogen-bond donors (Lipinski definition) is 2. The molecule has 2 aliphatic rings. The molecule has 0 saturated carbocycles. The van der Waals surface area contributed by atoms with Crippen LogP contribution < -0.4 is 10.6 Å². The van der Waals surface area contributed by atoms with Crippen molar-refractivity contribution in [2.75, 3.05) is 6.54 Å². The Hall–Kier alpha value is -3.16. The van der Waals surface area contributed by atoms with E-state index >= 15 is 0 Å². The summed E-state index contributed by atoms with van der Waals surface area (Å²) < 4.78 is 1.96. The monoisotopic (exact) mass is 367 g/mol. The molecule has 1 aromatic heterocycles. The molecule has 2 aliphatic heterocycles. The number of fused-ring (bicyclic) bond motifs is 1. The van der Waals surface area contributed by atoms with Gasteiger partial charge in [-0.1, -0.05) is 30.3 Å². The van der Waals surface area contributed by atoms with Crippen LogP contribution in [0.1, 0.15) is 29.8 Å². The highest BCUT2D eigenvalue weighted by Gasteiger charge is 2.30. The molecule has 4 rings (SSSR count). The van der Waals surface area contributed by atoms with E-state index in [-0.39, 0.29) is 18.2 Å². The largest absolute Gasteiger partial charge is 0.335 e. The lowest BCUT2D eigenvalue weighted by atomic mass is 10.1. The number of rotatable bonds is 5. The van der Waals surface area contributed by atoms with Crippen LogP contribution >= 0.6 is 0 Å². The number of hydrogen-bond acceptors (Lipinski definition) is 4. The number of urea groups is 1. The van der Waals surface area contributed by atoms with Crippen LogP contribution in [0.15, 0.2) is 36.4 Å². The summed E-state index contributed by atoms with van der Waals surface area (Å²) >= 11 is 0. The molecule has 0 aliphatic carbocycles. The Balaban J connectivity index is 1.34. The molecule has 4 amide bonds. The summed E-state index contributed by atoms with van der Waals surface area (Å²) in [6.45, 7) is 1.78. The minimum Gasteiger partial charge on any atom is -0.335 e. The average molecular weight is 367 g/mol. The molecular formula is C19H21N5O3.